The molecule has 2 saturated carbocycles. The van der Waals surface area contributed by atoms with Gasteiger partial charge >= 0.3 is 12.0 Å². The van der Waals surface area contributed by atoms with Gasteiger partial charge in [-0.25, -0.2) is 4.79 Å². The number of nitrogens with one attached hydrogen (secondary N) is 2. The monoisotopic (exact) mass is 240 g/mol. The van der Waals surface area contributed by atoms with E-state index in [1.165, 1.54) is 25.7 Å². The normalized spacial score (nSPS) is 20.7. The Bertz CT molecular complexity index is 309. The van der Waals surface area contributed by atoms with Crippen LogP contribution in [0.2, 0.25) is 0 Å². The van der Waals surface area contributed by atoms with Gasteiger partial charge < -0.3 is 15.7 Å². The van der Waals surface area contributed by atoms with Gasteiger partial charge in [-0.05, 0) is 43.4 Å². The second-order valence-corrected chi connectivity index (χ2v) is 5.24. The molecule has 0 aromatic heterocycles. The van der Waals surface area contributed by atoms with Crippen LogP contribution in [0.5, 0.6) is 0 Å². The van der Waals surface area contributed by atoms with Crippen LogP contribution in [0, 0.1) is 11.3 Å². The van der Waals surface area contributed by atoms with Crippen LogP contribution in [0.3, 0.4) is 0 Å². The maximum Gasteiger partial charge on any atom is 0.314 e. The van der Waals surface area contributed by atoms with Gasteiger partial charge in [0.05, 0.1) is 0 Å². The molecule has 0 spiro atoms. The lowest BCUT2D eigenvalue weighted by molar-refractivity contribution is -0.137. The van der Waals surface area contributed by atoms with E-state index in [0.29, 0.717) is 18.4 Å². The molecule has 0 aliphatic heterocycles. The van der Waals surface area contributed by atoms with Gasteiger partial charge in [-0.1, -0.05) is 0 Å². The zero-order chi connectivity index (χ0) is 12.3. The average molecular weight is 240 g/mol. The van der Waals surface area contributed by atoms with Crippen molar-refractivity contribution in [3.63, 3.8) is 0 Å². The molecule has 96 valence electrons. The van der Waals surface area contributed by atoms with Crippen LogP contribution in [0.1, 0.15) is 38.5 Å². The molecule has 0 heterocycles. The van der Waals surface area contributed by atoms with Gasteiger partial charge in [-0.2, -0.15) is 0 Å². The highest BCUT2D eigenvalue weighted by Gasteiger charge is 2.53. The van der Waals surface area contributed by atoms with Gasteiger partial charge in [-0.15, -0.1) is 0 Å². The van der Waals surface area contributed by atoms with Crippen LogP contribution in [0.15, 0.2) is 0 Å². The Labute approximate surface area is 101 Å². The maximum atomic E-state index is 11.4. The summed E-state index contributed by atoms with van der Waals surface area (Å²) in [6, 6.07) is -0.165. The number of amides is 2. The Hall–Kier alpha value is -1.26. The first-order chi connectivity index (χ1) is 8.12. The van der Waals surface area contributed by atoms with Gasteiger partial charge in [0.25, 0.3) is 0 Å². The van der Waals surface area contributed by atoms with Crippen molar-refractivity contribution >= 4 is 12.0 Å². The first kappa shape index (κ1) is 12.2. The molecule has 0 bridgehead atoms. The van der Waals surface area contributed by atoms with E-state index < -0.39 is 5.97 Å². The van der Waals surface area contributed by atoms with Crippen molar-refractivity contribution in [2.75, 3.05) is 13.1 Å². The van der Waals surface area contributed by atoms with Gasteiger partial charge in [0.1, 0.15) is 0 Å². The van der Waals surface area contributed by atoms with Crippen molar-refractivity contribution in [2.45, 2.75) is 38.5 Å². The molecule has 2 rings (SSSR count). The van der Waals surface area contributed by atoms with Crippen molar-refractivity contribution in [1.82, 2.24) is 10.6 Å². The molecule has 2 amide bonds. The second kappa shape index (κ2) is 4.94. The van der Waals surface area contributed by atoms with E-state index >= 15 is 0 Å². The topological polar surface area (TPSA) is 78.4 Å². The fourth-order valence-electron chi connectivity index (χ4n) is 2.35. The number of carbonyl (C=O) groups excluding carboxylic acids is 1. The van der Waals surface area contributed by atoms with Gasteiger partial charge in [0.2, 0.25) is 0 Å². The van der Waals surface area contributed by atoms with E-state index in [1.807, 2.05) is 0 Å². The molecule has 5 nitrogen and oxygen atoms in total. The molecular weight excluding hydrogens is 220 g/mol. The fourth-order valence-corrected chi connectivity index (χ4v) is 2.35. The van der Waals surface area contributed by atoms with Crippen LogP contribution < -0.4 is 10.6 Å². The molecule has 3 N–H and O–H groups in total. The summed E-state index contributed by atoms with van der Waals surface area (Å²) in [6.07, 6.45) is 5.72. The van der Waals surface area contributed by atoms with E-state index in [4.69, 9.17) is 5.11 Å². The van der Waals surface area contributed by atoms with E-state index in [-0.39, 0.29) is 12.5 Å². The van der Waals surface area contributed by atoms with Crippen LogP contribution in [-0.2, 0) is 4.79 Å². The van der Waals surface area contributed by atoms with E-state index in [1.54, 1.807) is 0 Å². The smallest absolute Gasteiger partial charge is 0.314 e. The Morgan fingerprint density at radius 3 is 2.47 bits per heavy atom. The Morgan fingerprint density at radius 2 is 1.94 bits per heavy atom. The Balaban J connectivity index is 1.53. The molecule has 2 fully saturated rings. The number of aliphatic carboxylic acids is 1. The molecule has 5 heteroatoms. The zero-order valence-electron chi connectivity index (χ0n) is 10.00. The first-order valence-electron chi connectivity index (χ1n) is 6.36. The highest BCUT2D eigenvalue weighted by atomic mass is 16.4. The zero-order valence-corrected chi connectivity index (χ0v) is 10.00. The molecule has 0 aromatic rings. The maximum absolute atomic E-state index is 11.4. The molecule has 2 aliphatic rings. The molecule has 17 heavy (non-hydrogen) atoms. The lowest BCUT2D eigenvalue weighted by Crippen LogP contribution is -2.39. The standard InChI is InChI=1S/C12H20N2O3/c15-10(16)2-1-7-13-11(17)14-8-12(5-6-12)9-3-4-9/h9H,1-8H2,(H,15,16)(H2,13,14,17). The second-order valence-electron chi connectivity index (χ2n) is 5.24. The van der Waals surface area contributed by atoms with E-state index in [2.05, 4.69) is 10.6 Å². The largest absolute Gasteiger partial charge is 0.481 e. The van der Waals surface area contributed by atoms with E-state index in [9.17, 15) is 9.59 Å². The predicted octanol–water partition coefficient (Wildman–Crippen LogP) is 1.34. The summed E-state index contributed by atoms with van der Waals surface area (Å²) in [6.45, 7) is 1.21. The molecule has 0 radical (unpaired) electrons. The number of carbonyl (C=O) groups is 2. The number of urea groups is 1. The number of hydrogen-bond acceptors (Lipinski definition) is 2. The van der Waals surface area contributed by atoms with Gasteiger partial charge in [0, 0.05) is 19.5 Å². The third kappa shape index (κ3) is 3.61. The summed E-state index contributed by atoms with van der Waals surface area (Å²) < 4.78 is 0. The highest BCUT2D eigenvalue weighted by molar-refractivity contribution is 5.74. The minimum Gasteiger partial charge on any atom is -0.481 e. The summed E-state index contributed by atoms with van der Waals surface area (Å²) in [5, 5.41) is 14.0. The van der Waals surface area contributed by atoms with Gasteiger partial charge in [0.15, 0.2) is 0 Å². The Kier molecular flexibility index (Phi) is 3.54. The molecule has 0 unspecified atom stereocenters. The van der Waals surface area contributed by atoms with Crippen LogP contribution >= 0.6 is 0 Å². The lowest BCUT2D eigenvalue weighted by Gasteiger charge is -2.15. The van der Waals surface area contributed by atoms with Crippen LogP contribution in [0.4, 0.5) is 4.79 Å². The first-order valence-corrected chi connectivity index (χ1v) is 6.36. The summed E-state index contributed by atoms with van der Waals surface area (Å²) in [5.74, 6) is 0.0210. The fraction of sp³-hybridized carbons (Fsp3) is 0.833. The van der Waals surface area contributed by atoms with Crippen LogP contribution in [0.25, 0.3) is 0 Å². The van der Waals surface area contributed by atoms with Crippen molar-refractivity contribution in [2.24, 2.45) is 11.3 Å². The molecule has 0 aromatic carbocycles. The molecule has 2 aliphatic carbocycles. The third-order valence-electron chi connectivity index (χ3n) is 3.79. The summed E-state index contributed by atoms with van der Waals surface area (Å²) in [4.78, 5) is 21.7. The molecule has 0 saturated heterocycles. The van der Waals surface area contributed by atoms with Crippen molar-refractivity contribution in [3.8, 4) is 0 Å². The summed E-state index contributed by atoms with van der Waals surface area (Å²) >= 11 is 0. The summed E-state index contributed by atoms with van der Waals surface area (Å²) in [7, 11) is 0. The van der Waals surface area contributed by atoms with Crippen molar-refractivity contribution in [1.29, 1.82) is 0 Å². The average Bonchev–Trinajstić information content (AvgIpc) is 3.14. The molecular formula is C12H20N2O3. The number of hydrogen-bond donors (Lipinski definition) is 3. The SMILES string of the molecule is O=C(O)CCCNC(=O)NCC1(C2CC2)CC1. The minimum absolute atomic E-state index is 0.103. The quantitative estimate of drug-likeness (QED) is 0.588. The minimum atomic E-state index is -0.821. The van der Waals surface area contributed by atoms with Crippen molar-refractivity contribution in [3.05, 3.63) is 0 Å². The number of carboxylic acid groups (broad SMARTS) is 1. The molecule has 0 atom stereocenters. The van der Waals surface area contributed by atoms with Crippen LogP contribution in [-0.4, -0.2) is 30.2 Å². The summed E-state index contributed by atoms with van der Waals surface area (Å²) in [5.41, 5.74) is 0.415. The van der Waals surface area contributed by atoms with Gasteiger partial charge in [-0.3, -0.25) is 4.79 Å². The highest BCUT2D eigenvalue weighted by Crippen LogP contribution is 2.60. The lowest BCUT2D eigenvalue weighted by atomic mass is 10.0. The predicted molar refractivity (Wildman–Crippen MR) is 62.7 cm³/mol. The third-order valence-corrected chi connectivity index (χ3v) is 3.79. The Morgan fingerprint density at radius 1 is 1.24 bits per heavy atom. The van der Waals surface area contributed by atoms with E-state index in [0.717, 1.165) is 12.5 Å². The number of carboxylic acids is 1. The number of rotatable bonds is 7. The van der Waals surface area contributed by atoms with Crippen molar-refractivity contribution < 1.29 is 14.7 Å².